The fraction of sp³-hybridized carbons (Fsp3) is 0.263. The summed E-state index contributed by atoms with van der Waals surface area (Å²) >= 11 is 0. The second kappa shape index (κ2) is 10.9. The van der Waals surface area contributed by atoms with E-state index in [-0.39, 0.29) is 84.8 Å². The Kier molecular flexibility index (Phi) is 9.94. The standard InChI is InChI=1S/C19H20N2O8S2.2Na/c20-17(22)5-7-19(8-6-18(21)23)15-9-11(30(24,25)26)1-3-13(15)14-4-2-12(10-16(14)19)31(27,28)29;;/h1-4,9-10H,5-8H2,(H2,20,22)(H2,21,23)(H,24,25,26)(H,27,28,29);;. The summed E-state index contributed by atoms with van der Waals surface area (Å²) in [6.07, 6.45) is -0.299. The van der Waals surface area contributed by atoms with Crippen LogP contribution in [-0.4, -0.2) is 96.9 Å². The summed E-state index contributed by atoms with van der Waals surface area (Å²) in [6.45, 7) is 0. The molecule has 2 radical (unpaired) electrons. The van der Waals surface area contributed by atoms with Crippen LogP contribution in [0.1, 0.15) is 36.8 Å². The second-order valence-electron chi connectivity index (χ2n) is 7.38. The first-order valence-electron chi connectivity index (χ1n) is 9.07. The zero-order chi connectivity index (χ0) is 23.2. The number of amides is 2. The molecule has 2 aromatic carbocycles. The number of primary amides is 2. The Hall–Kier alpha value is -0.800. The number of rotatable bonds is 8. The van der Waals surface area contributed by atoms with E-state index in [4.69, 9.17) is 11.5 Å². The van der Waals surface area contributed by atoms with Crippen LogP contribution in [0.3, 0.4) is 0 Å². The Morgan fingerprint density at radius 3 is 1.33 bits per heavy atom. The maximum atomic E-state index is 11.7. The van der Waals surface area contributed by atoms with Crippen molar-refractivity contribution in [1.29, 1.82) is 0 Å². The topological polar surface area (TPSA) is 195 Å². The molecule has 0 saturated heterocycles. The Bertz CT molecular complexity index is 1210. The third-order valence-corrected chi connectivity index (χ3v) is 7.19. The molecule has 168 valence electrons. The average molecular weight is 514 g/mol. The number of hydrogen-bond acceptors (Lipinski definition) is 6. The number of fused-ring (bicyclic) bond motifs is 3. The molecule has 0 atom stereocenters. The summed E-state index contributed by atoms with van der Waals surface area (Å²) in [6, 6.07) is 7.71. The van der Waals surface area contributed by atoms with Crippen LogP contribution in [0.5, 0.6) is 0 Å². The molecule has 0 unspecified atom stereocenters. The molecule has 14 heteroatoms. The van der Waals surface area contributed by atoms with Crippen LogP contribution >= 0.6 is 0 Å². The molecule has 0 saturated carbocycles. The minimum atomic E-state index is -4.58. The van der Waals surface area contributed by atoms with Gasteiger partial charge in [-0.2, -0.15) is 16.8 Å². The van der Waals surface area contributed by atoms with Gasteiger partial charge < -0.3 is 11.5 Å². The van der Waals surface area contributed by atoms with Gasteiger partial charge in [0.05, 0.1) is 9.79 Å². The number of carbonyl (C=O) groups is 2. The fourth-order valence-electron chi connectivity index (χ4n) is 4.11. The number of hydrogen-bond donors (Lipinski definition) is 4. The van der Waals surface area contributed by atoms with Gasteiger partial charge >= 0.3 is 0 Å². The van der Waals surface area contributed by atoms with Crippen LogP contribution in [0.2, 0.25) is 0 Å². The van der Waals surface area contributed by atoms with Gasteiger partial charge in [-0.25, -0.2) is 0 Å². The third kappa shape index (κ3) is 6.26. The van der Waals surface area contributed by atoms with Crippen molar-refractivity contribution in [2.75, 3.05) is 0 Å². The molecule has 2 aromatic rings. The molecule has 2 amide bonds. The van der Waals surface area contributed by atoms with E-state index in [0.29, 0.717) is 22.3 Å². The molecule has 0 heterocycles. The van der Waals surface area contributed by atoms with Crippen molar-refractivity contribution in [3.63, 3.8) is 0 Å². The normalized spacial score (nSPS) is 13.8. The van der Waals surface area contributed by atoms with Crippen LogP contribution in [0.25, 0.3) is 11.1 Å². The van der Waals surface area contributed by atoms with Crippen molar-refractivity contribution in [2.24, 2.45) is 11.5 Å². The van der Waals surface area contributed by atoms with Crippen molar-refractivity contribution < 1.29 is 35.5 Å². The zero-order valence-electron chi connectivity index (χ0n) is 18.1. The van der Waals surface area contributed by atoms with Gasteiger partial charge in [0.2, 0.25) is 11.8 Å². The number of carbonyl (C=O) groups excluding carboxylic acids is 2. The van der Waals surface area contributed by atoms with Crippen molar-refractivity contribution in [1.82, 2.24) is 0 Å². The monoisotopic (exact) mass is 514 g/mol. The molecule has 0 aliphatic heterocycles. The predicted molar refractivity (Wildman–Crippen MR) is 121 cm³/mol. The van der Waals surface area contributed by atoms with Gasteiger partial charge in [0, 0.05) is 77.4 Å². The van der Waals surface area contributed by atoms with Gasteiger partial charge in [-0.05, 0) is 59.4 Å². The SMILES string of the molecule is NC(=O)CCC1(CCC(N)=O)c2cc(S(=O)(=O)O)ccc2-c2ccc(S(=O)(=O)O)cc21.[Na].[Na]. The zero-order valence-corrected chi connectivity index (χ0v) is 23.7. The van der Waals surface area contributed by atoms with Gasteiger partial charge in [-0.1, -0.05) is 12.1 Å². The molecular weight excluding hydrogens is 494 g/mol. The molecule has 1 aliphatic carbocycles. The minimum absolute atomic E-state index is 0. The Balaban J connectivity index is 0.00000272. The summed E-state index contributed by atoms with van der Waals surface area (Å²) < 4.78 is 65.9. The van der Waals surface area contributed by atoms with E-state index < -0.39 is 47.3 Å². The van der Waals surface area contributed by atoms with E-state index in [1.807, 2.05) is 0 Å². The molecular formula is C19H20N2Na2O8S2. The van der Waals surface area contributed by atoms with Crippen molar-refractivity contribution in [3.8, 4) is 11.1 Å². The van der Waals surface area contributed by atoms with Gasteiger partial charge in [0.25, 0.3) is 20.2 Å². The van der Waals surface area contributed by atoms with Crippen LogP contribution in [0.15, 0.2) is 46.2 Å². The van der Waals surface area contributed by atoms with Crippen LogP contribution in [0.4, 0.5) is 0 Å². The molecule has 3 rings (SSSR count). The van der Waals surface area contributed by atoms with Gasteiger partial charge in [0.15, 0.2) is 0 Å². The summed E-state index contributed by atoms with van der Waals surface area (Å²) in [4.78, 5) is 22.3. The Morgan fingerprint density at radius 1 is 0.727 bits per heavy atom. The van der Waals surface area contributed by atoms with Crippen molar-refractivity contribution >= 4 is 91.2 Å². The van der Waals surface area contributed by atoms with Crippen LogP contribution < -0.4 is 11.5 Å². The molecule has 6 N–H and O–H groups in total. The van der Waals surface area contributed by atoms with Crippen LogP contribution in [-0.2, 0) is 35.2 Å². The first kappa shape index (κ1) is 30.2. The second-order valence-corrected chi connectivity index (χ2v) is 10.2. The van der Waals surface area contributed by atoms with Gasteiger partial charge in [0.1, 0.15) is 0 Å². The minimum Gasteiger partial charge on any atom is -0.370 e. The summed E-state index contributed by atoms with van der Waals surface area (Å²) in [5.74, 6) is -1.32. The maximum absolute atomic E-state index is 11.7. The Labute approximate surface area is 235 Å². The largest absolute Gasteiger partial charge is 0.370 e. The third-order valence-electron chi connectivity index (χ3n) is 5.50. The quantitative estimate of drug-likeness (QED) is 0.283. The van der Waals surface area contributed by atoms with Gasteiger partial charge in [-0.15, -0.1) is 0 Å². The smallest absolute Gasteiger partial charge is 0.294 e. The predicted octanol–water partition coefficient (Wildman–Crippen LogP) is 0.216. The van der Waals surface area contributed by atoms with Crippen LogP contribution in [0, 0.1) is 0 Å². The van der Waals surface area contributed by atoms with Gasteiger partial charge in [-0.3, -0.25) is 18.7 Å². The summed E-state index contributed by atoms with van der Waals surface area (Å²) in [5, 5.41) is 0. The average Bonchev–Trinajstić information content (AvgIpc) is 2.92. The molecule has 33 heavy (non-hydrogen) atoms. The van der Waals surface area contributed by atoms with E-state index in [2.05, 4.69) is 0 Å². The van der Waals surface area contributed by atoms with E-state index in [1.54, 1.807) is 0 Å². The van der Waals surface area contributed by atoms with Crippen molar-refractivity contribution in [2.45, 2.75) is 40.9 Å². The first-order chi connectivity index (χ1) is 14.3. The fourth-order valence-corrected chi connectivity index (χ4v) is 5.12. The first-order valence-corrected chi connectivity index (χ1v) is 11.9. The summed E-state index contributed by atoms with van der Waals surface area (Å²) in [7, 11) is -9.15. The molecule has 0 aromatic heterocycles. The molecule has 0 fully saturated rings. The summed E-state index contributed by atoms with van der Waals surface area (Å²) in [5.41, 5.74) is 11.2. The van der Waals surface area contributed by atoms with E-state index >= 15 is 0 Å². The molecule has 10 nitrogen and oxygen atoms in total. The van der Waals surface area contributed by atoms with E-state index in [0.717, 1.165) is 0 Å². The Morgan fingerprint density at radius 2 is 1.06 bits per heavy atom. The van der Waals surface area contributed by atoms with E-state index in [9.17, 15) is 35.5 Å². The number of nitrogens with two attached hydrogens (primary N) is 2. The molecule has 0 spiro atoms. The molecule has 0 bridgehead atoms. The van der Waals surface area contributed by atoms with Crippen molar-refractivity contribution in [3.05, 3.63) is 47.5 Å². The van der Waals surface area contributed by atoms with E-state index in [1.165, 1.54) is 36.4 Å². The maximum Gasteiger partial charge on any atom is 0.294 e. The molecule has 1 aliphatic rings. The number of benzene rings is 2.